The third-order valence-corrected chi connectivity index (χ3v) is 3.95. The molecule has 0 bridgehead atoms. The maximum absolute atomic E-state index is 11.8. The lowest BCUT2D eigenvalue weighted by atomic mass is 10.0. The van der Waals surface area contributed by atoms with Gasteiger partial charge >= 0.3 is 6.09 Å². The molecule has 1 aliphatic carbocycles. The Morgan fingerprint density at radius 2 is 2.18 bits per heavy atom. The van der Waals surface area contributed by atoms with Gasteiger partial charge in [-0.15, -0.1) is 0 Å². The summed E-state index contributed by atoms with van der Waals surface area (Å²) >= 11 is 0. The molecular weight excluding hydrogens is 278 g/mol. The summed E-state index contributed by atoms with van der Waals surface area (Å²) in [6.07, 6.45) is 6.75. The van der Waals surface area contributed by atoms with Crippen LogP contribution in [0.15, 0.2) is 18.5 Å². The molecule has 1 aromatic rings. The fraction of sp³-hybridized carbons (Fsp3) is 0.647. The van der Waals surface area contributed by atoms with Crippen molar-refractivity contribution in [3.8, 4) is 0 Å². The van der Waals surface area contributed by atoms with Crippen LogP contribution >= 0.6 is 0 Å². The van der Waals surface area contributed by atoms with Crippen LogP contribution in [0.5, 0.6) is 0 Å². The molecule has 1 heterocycles. The molecule has 0 spiro atoms. The van der Waals surface area contributed by atoms with Gasteiger partial charge in [-0.3, -0.25) is 4.98 Å². The quantitative estimate of drug-likeness (QED) is 0.893. The molecule has 1 amide bonds. The Balaban J connectivity index is 1.86. The smallest absolute Gasteiger partial charge is 0.407 e. The van der Waals surface area contributed by atoms with Crippen LogP contribution in [0.4, 0.5) is 10.5 Å². The third-order valence-electron chi connectivity index (χ3n) is 3.95. The molecule has 1 aliphatic rings. The second-order valence-electron chi connectivity index (χ2n) is 7.02. The fourth-order valence-electron chi connectivity index (χ4n) is 2.81. The van der Waals surface area contributed by atoms with E-state index in [9.17, 15) is 4.79 Å². The van der Waals surface area contributed by atoms with Crippen molar-refractivity contribution in [3.63, 3.8) is 0 Å². The Hall–Kier alpha value is -1.78. The fourth-order valence-corrected chi connectivity index (χ4v) is 2.81. The number of aryl methyl sites for hydroxylation is 1. The number of amides is 1. The molecule has 1 aromatic heterocycles. The lowest BCUT2D eigenvalue weighted by molar-refractivity contribution is 0.0519. The summed E-state index contributed by atoms with van der Waals surface area (Å²) in [6, 6.07) is 2.38. The summed E-state index contributed by atoms with van der Waals surface area (Å²) in [6.45, 7) is 8.34. The number of hydrogen-bond donors (Lipinski definition) is 2. The van der Waals surface area contributed by atoms with Crippen LogP contribution in [-0.4, -0.2) is 29.3 Å². The van der Waals surface area contributed by atoms with Crippen LogP contribution in [0.25, 0.3) is 0 Å². The number of nitrogens with zero attached hydrogens (tertiary/aromatic N) is 1. The van der Waals surface area contributed by atoms with Gasteiger partial charge in [-0.05, 0) is 58.1 Å². The largest absolute Gasteiger partial charge is 0.444 e. The molecule has 122 valence electrons. The minimum Gasteiger partial charge on any atom is -0.444 e. The highest BCUT2D eigenvalue weighted by atomic mass is 16.6. The van der Waals surface area contributed by atoms with E-state index in [1.54, 1.807) is 6.20 Å². The van der Waals surface area contributed by atoms with E-state index in [1.165, 1.54) is 12.0 Å². The van der Waals surface area contributed by atoms with Crippen molar-refractivity contribution in [1.29, 1.82) is 0 Å². The van der Waals surface area contributed by atoms with Crippen molar-refractivity contribution in [1.82, 2.24) is 10.3 Å². The number of rotatable bonds is 4. The summed E-state index contributed by atoms with van der Waals surface area (Å²) in [5.74, 6) is 0.423. The van der Waals surface area contributed by atoms with E-state index in [0.29, 0.717) is 18.5 Å². The molecule has 22 heavy (non-hydrogen) atoms. The number of hydrogen-bond acceptors (Lipinski definition) is 4. The van der Waals surface area contributed by atoms with Gasteiger partial charge in [-0.2, -0.15) is 0 Å². The van der Waals surface area contributed by atoms with Crippen LogP contribution in [0.3, 0.4) is 0 Å². The molecule has 0 radical (unpaired) electrons. The minimum absolute atomic E-state index is 0.337. The highest BCUT2D eigenvalue weighted by Crippen LogP contribution is 2.29. The van der Waals surface area contributed by atoms with Crippen molar-refractivity contribution in [3.05, 3.63) is 24.0 Å². The van der Waals surface area contributed by atoms with Gasteiger partial charge in [0.05, 0.1) is 11.9 Å². The molecular formula is C17H27N3O2. The number of carbonyl (C=O) groups is 1. The van der Waals surface area contributed by atoms with Crippen LogP contribution in [0.1, 0.15) is 45.6 Å². The summed E-state index contributed by atoms with van der Waals surface area (Å²) in [7, 11) is 0. The van der Waals surface area contributed by atoms with Gasteiger partial charge < -0.3 is 15.4 Å². The van der Waals surface area contributed by atoms with E-state index < -0.39 is 5.60 Å². The zero-order valence-electron chi connectivity index (χ0n) is 14.0. The number of nitrogens with one attached hydrogen (secondary N) is 2. The first-order chi connectivity index (χ1) is 10.3. The molecule has 1 saturated carbocycles. The number of ether oxygens (including phenoxy) is 1. The van der Waals surface area contributed by atoms with Gasteiger partial charge in [-0.1, -0.05) is 6.42 Å². The van der Waals surface area contributed by atoms with E-state index >= 15 is 0 Å². The Kier molecular flexibility index (Phi) is 5.27. The molecule has 0 saturated heterocycles. The second-order valence-corrected chi connectivity index (χ2v) is 7.02. The van der Waals surface area contributed by atoms with E-state index in [-0.39, 0.29) is 6.09 Å². The van der Waals surface area contributed by atoms with Crippen molar-refractivity contribution < 1.29 is 9.53 Å². The summed E-state index contributed by atoms with van der Waals surface area (Å²) in [5.41, 5.74) is 1.82. The van der Waals surface area contributed by atoms with Crippen molar-refractivity contribution >= 4 is 11.8 Å². The number of alkyl carbamates (subject to hydrolysis) is 1. The molecule has 0 aromatic carbocycles. The van der Waals surface area contributed by atoms with Crippen molar-refractivity contribution in [2.75, 3.05) is 11.9 Å². The molecule has 1 fully saturated rings. The number of pyridine rings is 1. The van der Waals surface area contributed by atoms with Crippen LogP contribution < -0.4 is 10.6 Å². The molecule has 2 N–H and O–H groups in total. The van der Waals surface area contributed by atoms with Crippen molar-refractivity contribution in [2.24, 2.45) is 5.92 Å². The predicted octanol–water partition coefficient (Wildman–Crippen LogP) is 3.50. The summed E-state index contributed by atoms with van der Waals surface area (Å²) in [5, 5.41) is 6.47. The SMILES string of the molecule is Cc1ccncc1NC1CCCC1CNC(=O)OC(C)(C)C. The van der Waals surface area contributed by atoms with Crippen LogP contribution in [0, 0.1) is 12.8 Å². The molecule has 2 unspecified atom stereocenters. The number of carbonyl (C=O) groups excluding carboxylic acids is 1. The topological polar surface area (TPSA) is 63.2 Å². The first kappa shape index (κ1) is 16.6. The normalized spacial score (nSPS) is 21.5. The average molecular weight is 305 g/mol. The Labute approximate surface area is 132 Å². The van der Waals surface area contributed by atoms with Gasteiger partial charge in [-0.25, -0.2) is 4.79 Å². The highest BCUT2D eigenvalue weighted by Gasteiger charge is 2.28. The lowest BCUT2D eigenvalue weighted by Crippen LogP contribution is -2.38. The molecule has 5 heteroatoms. The third kappa shape index (κ3) is 4.90. The second kappa shape index (κ2) is 6.99. The maximum atomic E-state index is 11.8. The first-order valence-electron chi connectivity index (χ1n) is 7.99. The monoisotopic (exact) mass is 305 g/mol. The molecule has 2 atom stereocenters. The van der Waals surface area contributed by atoms with E-state index in [0.717, 1.165) is 18.5 Å². The van der Waals surface area contributed by atoms with Gasteiger partial charge in [0.1, 0.15) is 5.60 Å². The minimum atomic E-state index is -0.454. The lowest BCUT2D eigenvalue weighted by Gasteiger charge is -2.24. The summed E-state index contributed by atoms with van der Waals surface area (Å²) < 4.78 is 5.29. The van der Waals surface area contributed by atoms with Gasteiger partial charge in [0.2, 0.25) is 0 Å². The number of aromatic nitrogens is 1. The molecule has 5 nitrogen and oxygen atoms in total. The van der Waals surface area contributed by atoms with Gasteiger partial charge in [0, 0.05) is 18.8 Å². The van der Waals surface area contributed by atoms with Gasteiger partial charge in [0.15, 0.2) is 0 Å². The van der Waals surface area contributed by atoms with E-state index in [2.05, 4.69) is 22.5 Å². The first-order valence-corrected chi connectivity index (χ1v) is 7.99. The average Bonchev–Trinajstić information content (AvgIpc) is 2.84. The summed E-state index contributed by atoms with van der Waals surface area (Å²) in [4.78, 5) is 15.9. The van der Waals surface area contributed by atoms with Crippen LogP contribution in [0.2, 0.25) is 0 Å². The molecule has 2 rings (SSSR count). The Morgan fingerprint density at radius 3 is 2.86 bits per heavy atom. The zero-order valence-corrected chi connectivity index (χ0v) is 14.0. The Morgan fingerprint density at radius 1 is 1.41 bits per heavy atom. The maximum Gasteiger partial charge on any atom is 0.407 e. The van der Waals surface area contributed by atoms with Crippen LogP contribution in [-0.2, 0) is 4.74 Å². The Bertz CT molecular complexity index is 511. The highest BCUT2D eigenvalue weighted by molar-refractivity contribution is 5.67. The van der Waals surface area contributed by atoms with E-state index in [4.69, 9.17) is 4.74 Å². The predicted molar refractivity (Wildman–Crippen MR) is 88.0 cm³/mol. The van der Waals surface area contributed by atoms with E-state index in [1.807, 2.05) is 33.0 Å². The van der Waals surface area contributed by atoms with Gasteiger partial charge in [0.25, 0.3) is 0 Å². The molecule has 0 aliphatic heterocycles. The van der Waals surface area contributed by atoms with Crippen molar-refractivity contribution in [2.45, 2.75) is 58.6 Å². The standard InChI is InChI=1S/C17H27N3O2/c1-12-8-9-18-11-15(12)20-14-7-5-6-13(14)10-19-16(21)22-17(2,3)4/h8-9,11,13-14,20H,5-7,10H2,1-4H3,(H,19,21). The zero-order chi connectivity index (χ0) is 16.2. The number of anilines is 1.